The van der Waals surface area contributed by atoms with E-state index in [2.05, 4.69) is 0 Å². The number of nitrogens with two attached hydrogens (primary N) is 1. The van der Waals surface area contributed by atoms with E-state index in [1.54, 1.807) is 0 Å². The standard InChI is InChI=1S/C9H17NO3/c10-8-1-2-9(5-7(8)6-11)12-3-4-13-9/h7-8,11H,1-6,10H2/t7-,8+/m1/s1. The molecule has 0 aromatic carbocycles. The summed E-state index contributed by atoms with van der Waals surface area (Å²) in [5.41, 5.74) is 5.87. The highest BCUT2D eigenvalue weighted by molar-refractivity contribution is 4.89. The summed E-state index contributed by atoms with van der Waals surface area (Å²) in [7, 11) is 0. The number of aliphatic hydroxyl groups is 1. The lowest BCUT2D eigenvalue weighted by atomic mass is 9.81. The average Bonchev–Trinajstić information content (AvgIpc) is 2.59. The van der Waals surface area contributed by atoms with Crippen molar-refractivity contribution >= 4 is 0 Å². The van der Waals surface area contributed by atoms with E-state index in [0.717, 1.165) is 19.3 Å². The summed E-state index contributed by atoms with van der Waals surface area (Å²) in [6, 6.07) is 0.100. The van der Waals surface area contributed by atoms with Crippen molar-refractivity contribution in [1.82, 2.24) is 0 Å². The van der Waals surface area contributed by atoms with Crippen LogP contribution in [0.2, 0.25) is 0 Å². The number of hydrogen-bond donors (Lipinski definition) is 2. The molecule has 0 radical (unpaired) electrons. The molecule has 0 aromatic heterocycles. The molecule has 2 aliphatic rings. The minimum atomic E-state index is -0.413. The molecule has 0 bridgehead atoms. The lowest BCUT2D eigenvalue weighted by Crippen LogP contribution is -2.47. The van der Waals surface area contributed by atoms with Gasteiger partial charge in [0, 0.05) is 31.4 Å². The first-order chi connectivity index (χ1) is 6.26. The molecular formula is C9H17NO3. The molecule has 0 aromatic rings. The van der Waals surface area contributed by atoms with Gasteiger partial charge in [0.1, 0.15) is 0 Å². The van der Waals surface area contributed by atoms with Crippen LogP contribution < -0.4 is 5.73 Å². The lowest BCUT2D eigenvalue weighted by molar-refractivity contribution is -0.192. The first kappa shape index (κ1) is 9.40. The minimum absolute atomic E-state index is 0.100. The van der Waals surface area contributed by atoms with Crippen LogP contribution >= 0.6 is 0 Å². The van der Waals surface area contributed by atoms with Gasteiger partial charge in [-0.15, -0.1) is 0 Å². The van der Waals surface area contributed by atoms with E-state index in [4.69, 9.17) is 20.3 Å². The SMILES string of the molecule is N[C@H]1CCC2(C[C@@H]1CO)OCCO2. The minimum Gasteiger partial charge on any atom is -0.396 e. The molecule has 4 nitrogen and oxygen atoms in total. The van der Waals surface area contributed by atoms with Gasteiger partial charge in [0.25, 0.3) is 0 Å². The highest BCUT2D eigenvalue weighted by Crippen LogP contribution is 2.37. The summed E-state index contributed by atoms with van der Waals surface area (Å²) >= 11 is 0. The molecule has 1 heterocycles. The Balaban J connectivity index is 2.01. The molecule has 0 amide bonds. The number of rotatable bonds is 1. The van der Waals surface area contributed by atoms with Gasteiger partial charge in [0.2, 0.25) is 0 Å². The molecule has 1 saturated heterocycles. The van der Waals surface area contributed by atoms with E-state index in [0.29, 0.717) is 13.2 Å². The van der Waals surface area contributed by atoms with Gasteiger partial charge in [0.15, 0.2) is 5.79 Å². The zero-order valence-corrected chi connectivity index (χ0v) is 7.74. The van der Waals surface area contributed by atoms with Crippen LogP contribution in [0.4, 0.5) is 0 Å². The van der Waals surface area contributed by atoms with Crippen LogP contribution in [0.15, 0.2) is 0 Å². The Kier molecular flexibility index (Phi) is 2.55. The molecule has 1 saturated carbocycles. The molecule has 3 N–H and O–H groups in total. The molecule has 2 atom stereocenters. The quantitative estimate of drug-likeness (QED) is 0.599. The van der Waals surface area contributed by atoms with Gasteiger partial charge < -0.3 is 20.3 Å². The topological polar surface area (TPSA) is 64.7 Å². The maximum atomic E-state index is 9.11. The summed E-state index contributed by atoms with van der Waals surface area (Å²) in [6.45, 7) is 1.48. The van der Waals surface area contributed by atoms with Crippen molar-refractivity contribution in [2.24, 2.45) is 11.7 Å². The Morgan fingerprint density at radius 2 is 2.08 bits per heavy atom. The lowest BCUT2D eigenvalue weighted by Gasteiger charge is -2.38. The van der Waals surface area contributed by atoms with Gasteiger partial charge in [-0.1, -0.05) is 0 Å². The Morgan fingerprint density at radius 3 is 2.69 bits per heavy atom. The van der Waals surface area contributed by atoms with Gasteiger partial charge in [-0.3, -0.25) is 0 Å². The monoisotopic (exact) mass is 187 g/mol. The van der Waals surface area contributed by atoms with E-state index in [1.807, 2.05) is 0 Å². The smallest absolute Gasteiger partial charge is 0.168 e. The first-order valence-electron chi connectivity index (χ1n) is 4.90. The molecule has 2 fully saturated rings. The van der Waals surface area contributed by atoms with Crippen molar-refractivity contribution in [3.05, 3.63) is 0 Å². The predicted octanol–water partition coefficient (Wildman–Crippen LogP) is -0.151. The average molecular weight is 187 g/mol. The van der Waals surface area contributed by atoms with Gasteiger partial charge in [0.05, 0.1) is 13.2 Å². The van der Waals surface area contributed by atoms with Crippen molar-refractivity contribution in [2.45, 2.75) is 31.1 Å². The molecule has 2 rings (SSSR count). The largest absolute Gasteiger partial charge is 0.396 e. The molecule has 0 unspecified atom stereocenters. The molecule has 76 valence electrons. The van der Waals surface area contributed by atoms with Crippen molar-refractivity contribution in [3.8, 4) is 0 Å². The maximum absolute atomic E-state index is 9.11. The summed E-state index contributed by atoms with van der Waals surface area (Å²) in [5.74, 6) is -0.282. The highest BCUT2D eigenvalue weighted by atomic mass is 16.7. The second-order valence-electron chi connectivity index (χ2n) is 3.96. The molecule has 4 heteroatoms. The fraction of sp³-hybridized carbons (Fsp3) is 1.00. The van der Waals surface area contributed by atoms with Crippen LogP contribution in [0.25, 0.3) is 0 Å². The highest BCUT2D eigenvalue weighted by Gasteiger charge is 2.43. The third-order valence-corrected chi connectivity index (χ3v) is 3.09. The van der Waals surface area contributed by atoms with E-state index in [9.17, 15) is 0 Å². The van der Waals surface area contributed by atoms with E-state index in [-0.39, 0.29) is 18.6 Å². The molecule has 1 aliphatic heterocycles. The van der Waals surface area contributed by atoms with Crippen LogP contribution in [0.1, 0.15) is 19.3 Å². The van der Waals surface area contributed by atoms with Crippen LogP contribution in [-0.4, -0.2) is 36.8 Å². The van der Waals surface area contributed by atoms with Crippen molar-refractivity contribution in [1.29, 1.82) is 0 Å². The fourth-order valence-electron chi connectivity index (χ4n) is 2.23. The van der Waals surface area contributed by atoms with E-state index in [1.165, 1.54) is 0 Å². The Labute approximate surface area is 78.0 Å². The maximum Gasteiger partial charge on any atom is 0.168 e. The number of ether oxygens (including phenoxy) is 2. The summed E-state index contributed by atoms with van der Waals surface area (Å²) < 4.78 is 11.1. The zero-order chi connectivity index (χ0) is 9.31. The first-order valence-corrected chi connectivity index (χ1v) is 4.90. The third kappa shape index (κ3) is 1.72. The summed E-state index contributed by atoms with van der Waals surface area (Å²) in [6.07, 6.45) is 2.49. The van der Waals surface area contributed by atoms with Crippen molar-refractivity contribution in [2.75, 3.05) is 19.8 Å². The summed E-state index contributed by atoms with van der Waals surface area (Å²) in [4.78, 5) is 0. The van der Waals surface area contributed by atoms with Gasteiger partial charge in [-0.25, -0.2) is 0 Å². The van der Waals surface area contributed by atoms with Crippen LogP contribution in [0, 0.1) is 5.92 Å². The number of aliphatic hydroxyl groups excluding tert-OH is 1. The van der Waals surface area contributed by atoms with Gasteiger partial charge in [-0.05, 0) is 6.42 Å². The predicted molar refractivity (Wildman–Crippen MR) is 47.0 cm³/mol. The number of hydrogen-bond acceptors (Lipinski definition) is 4. The molecule has 13 heavy (non-hydrogen) atoms. The second-order valence-corrected chi connectivity index (χ2v) is 3.96. The van der Waals surface area contributed by atoms with Crippen molar-refractivity contribution < 1.29 is 14.6 Å². The Bertz CT molecular complexity index is 180. The second kappa shape index (κ2) is 3.53. The fourth-order valence-corrected chi connectivity index (χ4v) is 2.23. The molecule has 1 spiro atoms. The third-order valence-electron chi connectivity index (χ3n) is 3.09. The van der Waals surface area contributed by atoms with Crippen LogP contribution in [0.5, 0.6) is 0 Å². The van der Waals surface area contributed by atoms with Gasteiger partial charge in [-0.2, -0.15) is 0 Å². The summed E-state index contributed by atoms with van der Waals surface area (Å²) in [5, 5.41) is 9.11. The van der Waals surface area contributed by atoms with Crippen LogP contribution in [0.3, 0.4) is 0 Å². The normalized spacial score (nSPS) is 38.3. The van der Waals surface area contributed by atoms with Crippen molar-refractivity contribution in [3.63, 3.8) is 0 Å². The van der Waals surface area contributed by atoms with E-state index >= 15 is 0 Å². The van der Waals surface area contributed by atoms with E-state index < -0.39 is 5.79 Å². The zero-order valence-electron chi connectivity index (χ0n) is 7.74. The van der Waals surface area contributed by atoms with Gasteiger partial charge >= 0.3 is 0 Å². The molecule has 1 aliphatic carbocycles. The molecular weight excluding hydrogens is 170 g/mol. The van der Waals surface area contributed by atoms with Crippen LogP contribution in [-0.2, 0) is 9.47 Å². The Morgan fingerprint density at radius 1 is 1.38 bits per heavy atom. The Hall–Kier alpha value is -0.160.